The van der Waals surface area contributed by atoms with Crippen LogP contribution in [0.4, 0.5) is 0 Å². The highest BCUT2D eigenvalue weighted by Gasteiger charge is 1.79. The van der Waals surface area contributed by atoms with Gasteiger partial charge in [-0.15, -0.1) is 0 Å². The summed E-state index contributed by atoms with van der Waals surface area (Å²) < 4.78 is 0. The Balaban J connectivity index is 2.54. The van der Waals surface area contributed by atoms with Gasteiger partial charge in [-0.3, -0.25) is 0 Å². The Hall–Kier alpha value is -2.08. The maximum absolute atomic E-state index is 3.26. The van der Waals surface area contributed by atoms with Crippen LogP contribution < -0.4 is 0 Å². The first-order chi connectivity index (χ1) is 9.50. The summed E-state index contributed by atoms with van der Waals surface area (Å²) in [6, 6.07) is 0. The van der Waals surface area contributed by atoms with Crippen LogP contribution in [0.25, 0.3) is 0 Å². The first kappa shape index (κ1) is 15.0. The van der Waals surface area contributed by atoms with E-state index < -0.39 is 0 Å². The molecule has 0 heteroatoms. The quantitative estimate of drug-likeness (QED) is 0.537. The van der Waals surface area contributed by atoms with Gasteiger partial charge in [-0.1, -0.05) is 91.1 Å². The molecule has 0 fully saturated rings. The van der Waals surface area contributed by atoms with Crippen molar-refractivity contribution in [2.45, 2.75) is 19.3 Å². The Labute approximate surface area is 117 Å². The van der Waals surface area contributed by atoms with Gasteiger partial charge in [-0.2, -0.15) is 0 Å². The molecule has 97 valence electrons. The number of hydrogen-bond acceptors (Lipinski definition) is 0. The molecule has 0 saturated carbocycles. The summed E-state index contributed by atoms with van der Waals surface area (Å²) in [6.07, 6.45) is 37.0. The Kier molecular flexibility index (Phi) is 9.76. The molecule has 1 aliphatic carbocycles. The zero-order valence-electron chi connectivity index (χ0n) is 11.3. The summed E-state index contributed by atoms with van der Waals surface area (Å²) >= 11 is 0. The van der Waals surface area contributed by atoms with Crippen LogP contribution in [-0.2, 0) is 0 Å². The molecular formula is C19H21. The second-order valence-corrected chi connectivity index (χ2v) is 4.00. The van der Waals surface area contributed by atoms with E-state index in [-0.39, 0.29) is 0 Å². The summed E-state index contributed by atoms with van der Waals surface area (Å²) in [6.45, 7) is 0. The van der Waals surface area contributed by atoms with E-state index >= 15 is 0 Å². The topological polar surface area (TPSA) is 0 Å². The highest BCUT2D eigenvalue weighted by atomic mass is 13.8. The second-order valence-electron chi connectivity index (χ2n) is 4.00. The monoisotopic (exact) mass is 249 g/mol. The van der Waals surface area contributed by atoms with Crippen molar-refractivity contribution >= 4 is 0 Å². The van der Waals surface area contributed by atoms with Crippen LogP contribution in [0.5, 0.6) is 0 Å². The molecule has 19 heavy (non-hydrogen) atoms. The van der Waals surface area contributed by atoms with Crippen LogP contribution in [-0.4, -0.2) is 0 Å². The lowest BCUT2D eigenvalue weighted by molar-refractivity contribution is 0.855. The summed E-state index contributed by atoms with van der Waals surface area (Å²) in [5, 5.41) is 0. The number of rotatable bonds is 0. The predicted octanol–water partition coefficient (Wildman–Crippen LogP) is 5.42. The van der Waals surface area contributed by atoms with E-state index in [0.717, 1.165) is 19.3 Å². The van der Waals surface area contributed by atoms with Gasteiger partial charge in [-0.05, 0) is 25.3 Å². The highest BCUT2D eigenvalue weighted by Crippen LogP contribution is 1.98. The Bertz CT molecular complexity index is 393. The largest absolute Gasteiger partial charge is 0.0845 e. The van der Waals surface area contributed by atoms with Crippen molar-refractivity contribution in [1.29, 1.82) is 0 Å². The van der Waals surface area contributed by atoms with E-state index in [1.54, 1.807) is 0 Å². The van der Waals surface area contributed by atoms with Crippen LogP contribution in [0.3, 0.4) is 0 Å². The van der Waals surface area contributed by atoms with Gasteiger partial charge in [0.25, 0.3) is 0 Å². The van der Waals surface area contributed by atoms with Crippen molar-refractivity contribution in [3.8, 4) is 0 Å². The van der Waals surface area contributed by atoms with Crippen molar-refractivity contribution in [3.63, 3.8) is 0 Å². The van der Waals surface area contributed by atoms with Crippen molar-refractivity contribution in [1.82, 2.24) is 0 Å². The Morgan fingerprint density at radius 2 is 1.00 bits per heavy atom. The Morgan fingerprint density at radius 1 is 0.526 bits per heavy atom. The zero-order chi connectivity index (χ0) is 13.4. The molecule has 0 nitrogen and oxygen atoms in total. The van der Waals surface area contributed by atoms with Crippen molar-refractivity contribution in [3.05, 3.63) is 97.2 Å². The van der Waals surface area contributed by atoms with E-state index in [1.165, 1.54) is 0 Å². The van der Waals surface area contributed by atoms with Gasteiger partial charge >= 0.3 is 0 Å². The van der Waals surface area contributed by atoms with Gasteiger partial charge in [0.05, 0.1) is 0 Å². The molecule has 1 radical (unpaired) electrons. The molecule has 0 unspecified atom stereocenters. The molecule has 0 aromatic carbocycles. The fraction of sp³-hybridized carbons (Fsp3) is 0.158. The van der Waals surface area contributed by atoms with E-state index in [4.69, 9.17) is 0 Å². The lowest BCUT2D eigenvalue weighted by Crippen LogP contribution is -1.68. The molecule has 0 N–H and O–H groups in total. The van der Waals surface area contributed by atoms with E-state index in [1.807, 2.05) is 72.9 Å². The van der Waals surface area contributed by atoms with Gasteiger partial charge < -0.3 is 0 Å². The molecule has 0 aromatic rings. The van der Waals surface area contributed by atoms with Crippen LogP contribution in [0, 0.1) is 6.08 Å². The number of hydrogen-bond donors (Lipinski definition) is 0. The van der Waals surface area contributed by atoms with Crippen molar-refractivity contribution in [2.24, 2.45) is 0 Å². The summed E-state index contributed by atoms with van der Waals surface area (Å²) in [5.74, 6) is 0. The minimum Gasteiger partial charge on any atom is -0.0845 e. The minimum absolute atomic E-state index is 1.01. The van der Waals surface area contributed by atoms with Gasteiger partial charge in [0.2, 0.25) is 0 Å². The third-order valence-electron chi connectivity index (χ3n) is 2.38. The molecule has 0 atom stereocenters. The maximum Gasteiger partial charge on any atom is -0.0273 e. The smallest absolute Gasteiger partial charge is 0.0273 e. The zero-order valence-corrected chi connectivity index (χ0v) is 11.3. The molecule has 0 saturated heterocycles. The number of allylic oxidation sites excluding steroid dienone is 16. The normalized spacial score (nSPS) is 30.7. The minimum atomic E-state index is 1.01. The molecule has 0 aromatic heterocycles. The molecule has 0 bridgehead atoms. The average molecular weight is 249 g/mol. The third-order valence-corrected chi connectivity index (χ3v) is 2.38. The first-order valence-corrected chi connectivity index (χ1v) is 6.72. The lowest BCUT2D eigenvalue weighted by Gasteiger charge is -1.87. The molecular weight excluding hydrogens is 228 g/mol. The fourth-order valence-electron chi connectivity index (χ4n) is 1.41. The molecule has 1 aliphatic rings. The molecule has 0 amide bonds. The van der Waals surface area contributed by atoms with Crippen LogP contribution in [0.1, 0.15) is 19.3 Å². The molecule has 0 heterocycles. The lowest BCUT2D eigenvalue weighted by atomic mass is 10.2. The summed E-state index contributed by atoms with van der Waals surface area (Å²) in [5.41, 5.74) is 0. The van der Waals surface area contributed by atoms with E-state index in [9.17, 15) is 0 Å². The van der Waals surface area contributed by atoms with Crippen LogP contribution in [0.2, 0.25) is 0 Å². The third kappa shape index (κ3) is 10.8. The first-order valence-electron chi connectivity index (χ1n) is 6.72. The molecule has 1 rings (SSSR count). The van der Waals surface area contributed by atoms with E-state index in [2.05, 4.69) is 24.3 Å². The van der Waals surface area contributed by atoms with Gasteiger partial charge in [-0.25, -0.2) is 0 Å². The van der Waals surface area contributed by atoms with Crippen molar-refractivity contribution in [2.75, 3.05) is 0 Å². The van der Waals surface area contributed by atoms with Crippen LogP contribution in [0.15, 0.2) is 91.1 Å². The fourth-order valence-corrected chi connectivity index (χ4v) is 1.41. The molecule has 0 aliphatic heterocycles. The molecule has 0 spiro atoms. The van der Waals surface area contributed by atoms with Crippen molar-refractivity contribution < 1.29 is 0 Å². The predicted molar refractivity (Wildman–Crippen MR) is 85.6 cm³/mol. The SMILES string of the molecule is [C]1=C/C=C\C=C/C=C\C=C/C=C\C=C/C=C\CCC\1. The maximum atomic E-state index is 3.26. The van der Waals surface area contributed by atoms with Crippen LogP contribution >= 0.6 is 0 Å². The standard InChI is InChI=1S/C19H21/c1-2-4-6-8-10-12-14-16-18-19-17-15-13-11-9-7-5-3-1/h1-15H,16,18-19H2/b2-1-,5-3-,6-4-,9-7-,10-8-,13-11-,14-12-,17-15?. The Morgan fingerprint density at radius 3 is 1.58 bits per heavy atom. The highest BCUT2D eigenvalue weighted by molar-refractivity contribution is 5.21. The van der Waals surface area contributed by atoms with E-state index in [0.29, 0.717) is 0 Å². The average Bonchev–Trinajstić information content (AvgIpc) is 2.43. The van der Waals surface area contributed by atoms with Gasteiger partial charge in [0.15, 0.2) is 0 Å². The summed E-state index contributed by atoms with van der Waals surface area (Å²) in [7, 11) is 0. The van der Waals surface area contributed by atoms with Gasteiger partial charge in [0.1, 0.15) is 0 Å². The van der Waals surface area contributed by atoms with Gasteiger partial charge in [0, 0.05) is 0 Å². The second kappa shape index (κ2) is 12.4. The summed E-state index contributed by atoms with van der Waals surface area (Å²) in [4.78, 5) is 0.